The highest BCUT2D eigenvalue weighted by molar-refractivity contribution is 5.73. The van der Waals surface area contributed by atoms with Gasteiger partial charge in [-0.15, -0.1) is 0 Å². The minimum Gasteiger partial charge on any atom is -0.480 e. The summed E-state index contributed by atoms with van der Waals surface area (Å²) in [5.74, 6) is -1.12. The van der Waals surface area contributed by atoms with E-state index in [9.17, 15) is 18.0 Å². The molecule has 0 amide bonds. The van der Waals surface area contributed by atoms with Crippen molar-refractivity contribution in [3.63, 3.8) is 0 Å². The fourth-order valence-corrected chi connectivity index (χ4v) is 1.11. The SMILES string of the molecule is CN(CC(=O)O)c1ccnc(C(F)(F)F)c1. The second-order valence-corrected chi connectivity index (χ2v) is 3.15. The number of anilines is 1. The summed E-state index contributed by atoms with van der Waals surface area (Å²) in [4.78, 5) is 14.8. The Labute approximate surface area is 89.3 Å². The standard InChI is InChI=1S/C9H9F3N2O2/c1-14(5-8(15)16)6-2-3-13-7(4-6)9(10,11)12/h2-4H,5H2,1H3,(H,15,16). The van der Waals surface area contributed by atoms with Crippen LogP contribution in [0, 0.1) is 0 Å². The number of rotatable bonds is 3. The summed E-state index contributed by atoms with van der Waals surface area (Å²) in [5.41, 5.74) is -0.882. The van der Waals surface area contributed by atoms with Crippen LogP contribution in [0.25, 0.3) is 0 Å². The molecule has 0 aliphatic heterocycles. The van der Waals surface area contributed by atoms with E-state index in [0.717, 1.165) is 12.3 Å². The van der Waals surface area contributed by atoms with Crippen LogP contribution in [0.4, 0.5) is 18.9 Å². The fourth-order valence-electron chi connectivity index (χ4n) is 1.11. The number of carbonyl (C=O) groups is 1. The summed E-state index contributed by atoms with van der Waals surface area (Å²) in [6.45, 7) is -0.374. The van der Waals surface area contributed by atoms with Crippen LogP contribution in [-0.2, 0) is 11.0 Å². The van der Waals surface area contributed by atoms with Crippen molar-refractivity contribution in [2.75, 3.05) is 18.5 Å². The van der Waals surface area contributed by atoms with Crippen molar-refractivity contribution >= 4 is 11.7 Å². The second kappa shape index (κ2) is 4.38. The zero-order valence-electron chi connectivity index (χ0n) is 8.32. The van der Waals surface area contributed by atoms with E-state index in [4.69, 9.17) is 5.11 Å². The molecule has 1 aromatic heterocycles. The van der Waals surface area contributed by atoms with Crippen molar-refractivity contribution in [2.45, 2.75) is 6.18 Å². The number of pyridine rings is 1. The second-order valence-electron chi connectivity index (χ2n) is 3.15. The number of carboxylic acids is 1. The van der Waals surface area contributed by atoms with Crippen molar-refractivity contribution in [3.8, 4) is 0 Å². The van der Waals surface area contributed by atoms with E-state index in [1.54, 1.807) is 0 Å². The number of halogens is 3. The average Bonchev–Trinajstić information content (AvgIpc) is 2.15. The van der Waals surface area contributed by atoms with Gasteiger partial charge >= 0.3 is 12.1 Å². The zero-order valence-corrected chi connectivity index (χ0v) is 8.32. The zero-order chi connectivity index (χ0) is 12.3. The van der Waals surface area contributed by atoms with Crippen LogP contribution in [0.15, 0.2) is 18.3 Å². The van der Waals surface area contributed by atoms with Gasteiger partial charge in [0.05, 0.1) is 0 Å². The number of aromatic nitrogens is 1. The molecule has 16 heavy (non-hydrogen) atoms. The molecule has 0 fully saturated rings. The van der Waals surface area contributed by atoms with Gasteiger partial charge in [-0.05, 0) is 12.1 Å². The van der Waals surface area contributed by atoms with Gasteiger partial charge < -0.3 is 10.0 Å². The summed E-state index contributed by atoms with van der Waals surface area (Å²) in [5, 5.41) is 8.49. The monoisotopic (exact) mass is 234 g/mol. The predicted molar refractivity (Wildman–Crippen MR) is 50.1 cm³/mol. The van der Waals surface area contributed by atoms with Gasteiger partial charge in [-0.25, -0.2) is 0 Å². The Kier molecular flexibility index (Phi) is 3.36. The van der Waals surface area contributed by atoms with Gasteiger partial charge in [0.25, 0.3) is 0 Å². The van der Waals surface area contributed by atoms with Gasteiger partial charge in [-0.3, -0.25) is 9.78 Å². The van der Waals surface area contributed by atoms with Crippen LogP contribution in [0.3, 0.4) is 0 Å². The molecule has 0 spiro atoms. The first-order valence-electron chi connectivity index (χ1n) is 4.27. The Morgan fingerprint density at radius 3 is 2.69 bits per heavy atom. The Hall–Kier alpha value is -1.79. The maximum absolute atomic E-state index is 12.3. The van der Waals surface area contributed by atoms with Gasteiger partial charge in [-0.1, -0.05) is 0 Å². The fraction of sp³-hybridized carbons (Fsp3) is 0.333. The molecule has 0 aliphatic rings. The van der Waals surface area contributed by atoms with E-state index in [0.29, 0.717) is 0 Å². The predicted octanol–water partition coefficient (Wildman–Crippen LogP) is 1.62. The van der Waals surface area contributed by atoms with Crippen LogP contribution in [0.5, 0.6) is 0 Å². The van der Waals surface area contributed by atoms with Crippen molar-refractivity contribution in [1.29, 1.82) is 0 Å². The van der Waals surface area contributed by atoms with Crippen molar-refractivity contribution in [1.82, 2.24) is 4.98 Å². The van der Waals surface area contributed by atoms with Crippen LogP contribution in [-0.4, -0.2) is 29.7 Å². The summed E-state index contributed by atoms with van der Waals surface area (Å²) in [6.07, 6.45) is -3.53. The number of carboxylic acid groups (broad SMARTS) is 1. The van der Waals surface area contributed by atoms with Gasteiger partial charge in [-0.2, -0.15) is 13.2 Å². The van der Waals surface area contributed by atoms with Gasteiger partial charge in [0.1, 0.15) is 12.2 Å². The largest absolute Gasteiger partial charge is 0.480 e. The van der Waals surface area contributed by atoms with Crippen LogP contribution < -0.4 is 4.90 Å². The number of likely N-dealkylation sites (N-methyl/N-ethyl adjacent to an activating group) is 1. The van der Waals surface area contributed by atoms with E-state index in [2.05, 4.69) is 4.98 Å². The Bertz CT molecular complexity index is 393. The summed E-state index contributed by atoms with van der Waals surface area (Å²) in [7, 11) is 1.39. The lowest BCUT2D eigenvalue weighted by molar-refractivity contribution is -0.141. The van der Waals surface area contributed by atoms with E-state index in [1.807, 2.05) is 0 Å². The lowest BCUT2D eigenvalue weighted by Gasteiger charge is -2.17. The maximum atomic E-state index is 12.3. The topological polar surface area (TPSA) is 53.4 Å². The maximum Gasteiger partial charge on any atom is 0.433 e. The Balaban J connectivity index is 2.94. The van der Waals surface area contributed by atoms with Crippen molar-refractivity contribution in [3.05, 3.63) is 24.0 Å². The number of hydrogen-bond acceptors (Lipinski definition) is 3. The first kappa shape index (κ1) is 12.3. The first-order chi connectivity index (χ1) is 7.30. The summed E-state index contributed by atoms with van der Waals surface area (Å²) >= 11 is 0. The molecule has 1 rings (SSSR count). The highest BCUT2D eigenvalue weighted by Gasteiger charge is 2.32. The van der Waals surface area contributed by atoms with E-state index in [-0.39, 0.29) is 12.2 Å². The molecule has 1 heterocycles. The third kappa shape index (κ3) is 3.11. The first-order valence-corrected chi connectivity index (χ1v) is 4.27. The molecule has 1 N–H and O–H groups in total. The molecule has 0 atom stereocenters. The van der Waals surface area contributed by atoms with Crippen molar-refractivity contribution < 1.29 is 23.1 Å². The van der Waals surface area contributed by atoms with E-state index < -0.39 is 17.8 Å². The highest BCUT2D eigenvalue weighted by Crippen LogP contribution is 2.29. The Morgan fingerprint density at radius 1 is 1.56 bits per heavy atom. The minimum absolute atomic E-state index is 0.157. The molecular formula is C9H9F3N2O2. The molecule has 0 aliphatic carbocycles. The quantitative estimate of drug-likeness (QED) is 0.863. The number of nitrogens with zero attached hydrogens (tertiary/aromatic N) is 2. The molecule has 88 valence electrons. The van der Waals surface area contributed by atoms with Crippen LogP contribution in [0.1, 0.15) is 5.69 Å². The normalized spacial score (nSPS) is 11.2. The molecule has 1 aromatic rings. The lowest BCUT2D eigenvalue weighted by Crippen LogP contribution is -2.25. The number of hydrogen-bond donors (Lipinski definition) is 1. The molecule has 0 saturated carbocycles. The molecule has 4 nitrogen and oxygen atoms in total. The molecule has 0 aromatic carbocycles. The smallest absolute Gasteiger partial charge is 0.433 e. The van der Waals surface area contributed by atoms with Crippen LogP contribution in [0.2, 0.25) is 0 Å². The summed E-state index contributed by atoms with van der Waals surface area (Å²) < 4.78 is 36.9. The summed E-state index contributed by atoms with van der Waals surface area (Å²) in [6, 6.07) is 2.13. The van der Waals surface area contributed by atoms with E-state index in [1.165, 1.54) is 18.0 Å². The third-order valence-electron chi connectivity index (χ3n) is 1.85. The molecule has 0 radical (unpaired) electrons. The van der Waals surface area contributed by atoms with E-state index >= 15 is 0 Å². The molecule has 0 bridgehead atoms. The van der Waals surface area contributed by atoms with Crippen LogP contribution >= 0.6 is 0 Å². The van der Waals surface area contributed by atoms with Gasteiger partial charge in [0.2, 0.25) is 0 Å². The molecule has 7 heteroatoms. The van der Waals surface area contributed by atoms with Gasteiger partial charge in [0.15, 0.2) is 0 Å². The highest BCUT2D eigenvalue weighted by atomic mass is 19.4. The average molecular weight is 234 g/mol. The minimum atomic E-state index is -4.53. The lowest BCUT2D eigenvalue weighted by atomic mass is 10.3. The Morgan fingerprint density at radius 2 is 2.19 bits per heavy atom. The number of alkyl halides is 3. The molecule has 0 unspecified atom stereocenters. The third-order valence-corrected chi connectivity index (χ3v) is 1.85. The number of aliphatic carboxylic acids is 1. The molecular weight excluding hydrogens is 225 g/mol. The van der Waals surface area contributed by atoms with Crippen molar-refractivity contribution in [2.24, 2.45) is 0 Å². The molecule has 0 saturated heterocycles. The van der Waals surface area contributed by atoms with Gasteiger partial charge in [0, 0.05) is 18.9 Å².